The largest absolute Gasteiger partial charge is 0.444 e. The molecule has 0 unspecified atom stereocenters. The molecule has 0 aliphatic heterocycles. The molecule has 1 rings (SSSR count). The SMILES string of the molecule is C[S+](C)CC[C@H](NC(=O)OC(C)(C)C)C(=O)NCc1ccc(Cl)cc1. The predicted octanol–water partition coefficient (Wildman–Crippen LogP) is 3.12. The molecule has 0 saturated carbocycles. The Balaban J connectivity index is 2.64. The van der Waals surface area contributed by atoms with Crippen molar-refractivity contribution in [3.05, 3.63) is 34.9 Å². The second-order valence-corrected chi connectivity index (χ2v) is 9.84. The Morgan fingerprint density at radius 1 is 1.20 bits per heavy atom. The van der Waals surface area contributed by atoms with Crippen LogP contribution in [0, 0.1) is 0 Å². The number of ether oxygens (including phenoxy) is 1. The van der Waals surface area contributed by atoms with Crippen molar-refractivity contribution >= 4 is 34.5 Å². The van der Waals surface area contributed by atoms with Crippen LogP contribution in [0.5, 0.6) is 0 Å². The normalized spacial score (nSPS) is 12.6. The van der Waals surface area contributed by atoms with E-state index >= 15 is 0 Å². The summed E-state index contributed by atoms with van der Waals surface area (Å²) in [4.78, 5) is 24.5. The molecule has 0 aromatic heterocycles. The highest BCUT2D eigenvalue weighted by molar-refractivity contribution is 7.95. The van der Waals surface area contributed by atoms with Gasteiger partial charge in [0.2, 0.25) is 5.91 Å². The van der Waals surface area contributed by atoms with Crippen molar-refractivity contribution < 1.29 is 14.3 Å². The maximum atomic E-state index is 12.5. The third kappa shape index (κ3) is 9.60. The van der Waals surface area contributed by atoms with Crippen molar-refractivity contribution in [2.75, 3.05) is 18.3 Å². The van der Waals surface area contributed by atoms with Gasteiger partial charge in [0, 0.05) is 18.0 Å². The lowest BCUT2D eigenvalue weighted by Gasteiger charge is -2.23. The number of carbonyl (C=O) groups is 2. The van der Waals surface area contributed by atoms with Crippen LogP contribution in [0.15, 0.2) is 24.3 Å². The molecule has 0 aliphatic carbocycles. The van der Waals surface area contributed by atoms with Gasteiger partial charge in [-0.15, -0.1) is 0 Å². The first-order valence-corrected chi connectivity index (χ1v) is 10.7. The number of nitrogens with one attached hydrogen (secondary N) is 2. The van der Waals surface area contributed by atoms with E-state index in [9.17, 15) is 9.59 Å². The van der Waals surface area contributed by atoms with Crippen LogP contribution in [-0.4, -0.2) is 41.9 Å². The first-order chi connectivity index (χ1) is 11.6. The van der Waals surface area contributed by atoms with E-state index in [1.54, 1.807) is 32.9 Å². The smallest absolute Gasteiger partial charge is 0.408 e. The van der Waals surface area contributed by atoms with E-state index in [1.807, 2.05) is 12.1 Å². The lowest BCUT2D eigenvalue weighted by atomic mass is 10.2. The van der Waals surface area contributed by atoms with E-state index in [2.05, 4.69) is 23.1 Å². The van der Waals surface area contributed by atoms with Gasteiger partial charge in [-0.25, -0.2) is 4.79 Å². The Hall–Kier alpha value is -1.40. The predicted molar refractivity (Wildman–Crippen MR) is 105 cm³/mol. The zero-order chi connectivity index (χ0) is 19.0. The van der Waals surface area contributed by atoms with Gasteiger partial charge in [0.1, 0.15) is 17.4 Å². The van der Waals surface area contributed by atoms with Crippen molar-refractivity contribution in [2.24, 2.45) is 0 Å². The van der Waals surface area contributed by atoms with E-state index in [1.165, 1.54) is 0 Å². The van der Waals surface area contributed by atoms with E-state index in [0.29, 0.717) is 18.0 Å². The summed E-state index contributed by atoms with van der Waals surface area (Å²) in [6.45, 7) is 5.75. The Kier molecular flexibility index (Phi) is 8.59. The third-order valence-corrected chi connectivity index (χ3v) is 4.51. The number of carbonyl (C=O) groups excluding carboxylic acids is 2. The van der Waals surface area contributed by atoms with Crippen LogP contribution in [-0.2, 0) is 27.0 Å². The molecular formula is C18H28ClN2O3S+. The number of hydrogen-bond acceptors (Lipinski definition) is 3. The molecule has 0 spiro atoms. The van der Waals surface area contributed by atoms with Gasteiger partial charge in [-0.2, -0.15) is 0 Å². The van der Waals surface area contributed by atoms with Crippen molar-refractivity contribution in [3.8, 4) is 0 Å². The zero-order valence-electron chi connectivity index (χ0n) is 15.5. The van der Waals surface area contributed by atoms with Gasteiger partial charge in [0.15, 0.2) is 0 Å². The Labute approximate surface area is 158 Å². The van der Waals surface area contributed by atoms with E-state index in [0.717, 1.165) is 11.3 Å². The molecule has 0 radical (unpaired) electrons. The van der Waals surface area contributed by atoms with E-state index in [4.69, 9.17) is 16.3 Å². The van der Waals surface area contributed by atoms with Gasteiger partial charge < -0.3 is 15.4 Å². The molecule has 0 heterocycles. The quantitative estimate of drug-likeness (QED) is 0.706. The molecule has 25 heavy (non-hydrogen) atoms. The molecule has 1 aromatic carbocycles. The minimum atomic E-state index is -0.614. The molecule has 1 atom stereocenters. The van der Waals surface area contributed by atoms with E-state index < -0.39 is 17.7 Å². The topological polar surface area (TPSA) is 67.4 Å². The highest BCUT2D eigenvalue weighted by Crippen LogP contribution is 2.10. The van der Waals surface area contributed by atoms with Crippen LogP contribution < -0.4 is 10.6 Å². The van der Waals surface area contributed by atoms with Crippen LogP contribution in [0.3, 0.4) is 0 Å². The number of amides is 2. The second-order valence-electron chi connectivity index (χ2n) is 7.02. The standard InChI is InChI=1S/C18H27ClN2O3S/c1-18(2,3)24-17(23)21-15(10-11-25(4)5)16(22)20-12-13-6-8-14(19)9-7-13/h6-9,15H,10-12H2,1-5H3,(H-,20,21,22,23)/p+1/t15-/m0/s1. The van der Waals surface area contributed by atoms with Gasteiger partial charge in [0.05, 0.1) is 12.5 Å². The summed E-state index contributed by atoms with van der Waals surface area (Å²) < 4.78 is 5.26. The summed E-state index contributed by atoms with van der Waals surface area (Å²) in [5, 5.41) is 6.20. The van der Waals surface area contributed by atoms with Gasteiger partial charge in [-0.1, -0.05) is 23.7 Å². The molecule has 0 saturated heterocycles. The maximum absolute atomic E-state index is 12.5. The fourth-order valence-corrected chi connectivity index (χ4v) is 2.82. The molecule has 5 nitrogen and oxygen atoms in total. The van der Waals surface area contributed by atoms with Crippen molar-refractivity contribution in [1.82, 2.24) is 10.6 Å². The first kappa shape index (κ1) is 21.6. The lowest BCUT2D eigenvalue weighted by molar-refractivity contribution is -0.123. The van der Waals surface area contributed by atoms with Crippen LogP contribution in [0.4, 0.5) is 4.79 Å². The minimum absolute atomic E-state index is 0.184. The molecule has 0 fully saturated rings. The fraction of sp³-hybridized carbons (Fsp3) is 0.556. The summed E-state index contributed by atoms with van der Waals surface area (Å²) in [5.74, 6) is 0.640. The van der Waals surface area contributed by atoms with Crippen LogP contribution >= 0.6 is 11.6 Å². The number of benzene rings is 1. The van der Waals surface area contributed by atoms with E-state index in [-0.39, 0.29) is 16.8 Å². The van der Waals surface area contributed by atoms with Gasteiger partial charge in [0.25, 0.3) is 0 Å². The second kappa shape index (κ2) is 9.92. The summed E-state index contributed by atoms with van der Waals surface area (Å²) in [5.41, 5.74) is 0.341. The molecule has 0 bridgehead atoms. The van der Waals surface area contributed by atoms with Gasteiger partial charge in [-0.3, -0.25) is 4.79 Å². The van der Waals surface area contributed by atoms with Crippen molar-refractivity contribution in [3.63, 3.8) is 0 Å². The Morgan fingerprint density at radius 2 is 1.80 bits per heavy atom. The molecule has 140 valence electrons. The number of rotatable bonds is 7. The van der Waals surface area contributed by atoms with Crippen molar-refractivity contribution in [2.45, 2.75) is 45.4 Å². The number of alkyl carbamates (subject to hydrolysis) is 1. The first-order valence-electron chi connectivity index (χ1n) is 8.12. The molecule has 7 heteroatoms. The summed E-state index contributed by atoms with van der Waals surface area (Å²) in [6.07, 6.45) is 4.21. The summed E-state index contributed by atoms with van der Waals surface area (Å²) in [6, 6.07) is 6.65. The van der Waals surface area contributed by atoms with Crippen LogP contribution in [0.2, 0.25) is 5.02 Å². The third-order valence-electron chi connectivity index (χ3n) is 3.20. The molecule has 2 N–H and O–H groups in total. The van der Waals surface area contributed by atoms with Crippen molar-refractivity contribution in [1.29, 1.82) is 0 Å². The zero-order valence-corrected chi connectivity index (χ0v) is 17.1. The minimum Gasteiger partial charge on any atom is -0.444 e. The van der Waals surface area contributed by atoms with Crippen LogP contribution in [0.1, 0.15) is 32.8 Å². The summed E-state index contributed by atoms with van der Waals surface area (Å²) >= 11 is 5.86. The molecule has 2 amide bonds. The number of halogens is 1. The summed E-state index contributed by atoms with van der Waals surface area (Å²) in [7, 11) is 0.184. The fourth-order valence-electron chi connectivity index (χ4n) is 1.99. The average Bonchev–Trinajstić information content (AvgIpc) is 2.48. The Morgan fingerprint density at radius 3 is 2.32 bits per heavy atom. The lowest BCUT2D eigenvalue weighted by Crippen LogP contribution is -2.48. The highest BCUT2D eigenvalue weighted by atomic mass is 35.5. The van der Waals surface area contributed by atoms with Gasteiger partial charge in [-0.05, 0) is 49.4 Å². The molecule has 0 aliphatic rings. The van der Waals surface area contributed by atoms with Gasteiger partial charge >= 0.3 is 6.09 Å². The number of hydrogen-bond donors (Lipinski definition) is 2. The van der Waals surface area contributed by atoms with Crippen LogP contribution in [0.25, 0.3) is 0 Å². The maximum Gasteiger partial charge on any atom is 0.408 e. The monoisotopic (exact) mass is 387 g/mol. The molecular weight excluding hydrogens is 360 g/mol. The molecule has 1 aromatic rings. The average molecular weight is 388 g/mol. The Bertz CT molecular complexity index is 571. The highest BCUT2D eigenvalue weighted by Gasteiger charge is 2.25.